The summed E-state index contributed by atoms with van der Waals surface area (Å²) in [4.78, 5) is 24.2. The van der Waals surface area contributed by atoms with Crippen LogP contribution in [0.2, 0.25) is 0 Å². The molecule has 0 bridgehead atoms. The standard InChI is InChI=1S/C18H18N2O3/c1-10-7-11(2)16(12(3)8-10)20-18(22)13-5-4-6-14-17(13)19-15(21)9-23-14/h4-8H,9H2,1-3H3,(H,19,21)(H,20,22). The molecule has 118 valence electrons. The van der Waals surface area contributed by atoms with Crippen molar-refractivity contribution in [1.29, 1.82) is 0 Å². The first-order valence-corrected chi connectivity index (χ1v) is 7.40. The molecule has 2 aromatic rings. The second kappa shape index (κ2) is 5.76. The molecule has 1 aliphatic heterocycles. The maximum atomic E-state index is 12.7. The maximum absolute atomic E-state index is 12.7. The minimum atomic E-state index is -0.275. The number of nitrogens with one attached hydrogen (secondary N) is 2. The van der Waals surface area contributed by atoms with Gasteiger partial charge in [0.2, 0.25) is 0 Å². The number of amides is 2. The molecule has 0 fully saturated rings. The van der Waals surface area contributed by atoms with Crippen LogP contribution in [0.4, 0.5) is 11.4 Å². The Kier molecular flexibility index (Phi) is 3.78. The van der Waals surface area contributed by atoms with Gasteiger partial charge in [0.05, 0.1) is 11.3 Å². The average molecular weight is 310 g/mol. The van der Waals surface area contributed by atoms with Crippen molar-refractivity contribution in [1.82, 2.24) is 0 Å². The fraction of sp³-hybridized carbons (Fsp3) is 0.222. The number of fused-ring (bicyclic) bond motifs is 1. The van der Waals surface area contributed by atoms with E-state index in [1.54, 1.807) is 18.2 Å². The molecule has 0 unspecified atom stereocenters. The molecule has 0 saturated heterocycles. The Bertz CT molecular complexity index is 789. The van der Waals surface area contributed by atoms with E-state index >= 15 is 0 Å². The van der Waals surface area contributed by atoms with Crippen molar-refractivity contribution < 1.29 is 14.3 Å². The number of rotatable bonds is 2. The summed E-state index contributed by atoms with van der Waals surface area (Å²) < 4.78 is 5.35. The molecule has 3 rings (SSSR count). The lowest BCUT2D eigenvalue weighted by atomic mass is 10.0. The molecule has 0 aromatic heterocycles. The third kappa shape index (κ3) is 2.90. The molecule has 2 N–H and O–H groups in total. The van der Waals surface area contributed by atoms with Gasteiger partial charge in [-0.3, -0.25) is 9.59 Å². The molecule has 5 nitrogen and oxygen atoms in total. The van der Waals surface area contributed by atoms with Gasteiger partial charge in [0.15, 0.2) is 6.61 Å². The highest BCUT2D eigenvalue weighted by molar-refractivity contribution is 6.12. The minimum absolute atomic E-state index is 0.0335. The molecule has 1 heterocycles. The van der Waals surface area contributed by atoms with Gasteiger partial charge >= 0.3 is 0 Å². The van der Waals surface area contributed by atoms with E-state index in [4.69, 9.17) is 4.74 Å². The van der Waals surface area contributed by atoms with E-state index in [9.17, 15) is 9.59 Å². The van der Waals surface area contributed by atoms with E-state index in [-0.39, 0.29) is 18.4 Å². The predicted molar refractivity (Wildman–Crippen MR) is 89.2 cm³/mol. The van der Waals surface area contributed by atoms with E-state index in [0.29, 0.717) is 17.0 Å². The van der Waals surface area contributed by atoms with Crippen molar-refractivity contribution in [3.63, 3.8) is 0 Å². The van der Waals surface area contributed by atoms with Gasteiger partial charge < -0.3 is 15.4 Å². The van der Waals surface area contributed by atoms with Gasteiger partial charge in [-0.1, -0.05) is 23.8 Å². The van der Waals surface area contributed by atoms with Crippen LogP contribution in [0.25, 0.3) is 0 Å². The lowest BCUT2D eigenvalue weighted by Gasteiger charge is -2.21. The van der Waals surface area contributed by atoms with Crippen LogP contribution in [0.1, 0.15) is 27.0 Å². The van der Waals surface area contributed by atoms with Gasteiger partial charge in [0.25, 0.3) is 11.8 Å². The summed E-state index contributed by atoms with van der Waals surface area (Å²) in [6, 6.07) is 9.18. The number of para-hydroxylation sites is 1. The highest BCUT2D eigenvalue weighted by Gasteiger charge is 2.22. The zero-order chi connectivity index (χ0) is 16.6. The minimum Gasteiger partial charge on any atom is -0.482 e. The number of carbonyl (C=O) groups is 2. The van der Waals surface area contributed by atoms with E-state index in [1.165, 1.54) is 0 Å². The van der Waals surface area contributed by atoms with Crippen molar-refractivity contribution in [2.75, 3.05) is 17.2 Å². The Hall–Kier alpha value is -2.82. The fourth-order valence-corrected chi connectivity index (χ4v) is 2.85. The van der Waals surface area contributed by atoms with E-state index in [1.807, 2.05) is 32.9 Å². The number of aryl methyl sites for hydroxylation is 3. The number of carbonyl (C=O) groups excluding carboxylic acids is 2. The summed E-state index contributed by atoms with van der Waals surface area (Å²) >= 11 is 0. The molecule has 0 aliphatic carbocycles. The van der Waals surface area contributed by atoms with Crippen LogP contribution in [0.15, 0.2) is 30.3 Å². The first kappa shape index (κ1) is 15.1. The number of ether oxygens (including phenoxy) is 1. The molecule has 0 spiro atoms. The first-order chi connectivity index (χ1) is 11.0. The molecule has 0 radical (unpaired) electrons. The van der Waals surface area contributed by atoms with Crippen molar-refractivity contribution in [3.8, 4) is 5.75 Å². The normalized spacial score (nSPS) is 12.9. The highest BCUT2D eigenvalue weighted by Crippen LogP contribution is 2.32. The summed E-state index contributed by atoms with van der Waals surface area (Å²) in [6.07, 6.45) is 0. The molecule has 23 heavy (non-hydrogen) atoms. The van der Waals surface area contributed by atoms with Crippen LogP contribution in [0.3, 0.4) is 0 Å². The SMILES string of the molecule is Cc1cc(C)c(NC(=O)c2cccc3c2NC(=O)CO3)c(C)c1. The van der Waals surface area contributed by atoms with Crippen LogP contribution >= 0.6 is 0 Å². The van der Waals surface area contributed by atoms with Gasteiger partial charge in [-0.2, -0.15) is 0 Å². The molecular weight excluding hydrogens is 292 g/mol. The largest absolute Gasteiger partial charge is 0.482 e. The van der Waals surface area contributed by atoms with Crippen molar-refractivity contribution in [2.45, 2.75) is 20.8 Å². The quantitative estimate of drug-likeness (QED) is 0.895. The Balaban J connectivity index is 1.95. The molecule has 0 saturated carbocycles. The number of hydrogen-bond acceptors (Lipinski definition) is 3. The van der Waals surface area contributed by atoms with Crippen LogP contribution in [0, 0.1) is 20.8 Å². The lowest BCUT2D eigenvalue weighted by molar-refractivity contribution is -0.118. The average Bonchev–Trinajstić information content (AvgIpc) is 2.50. The smallest absolute Gasteiger partial charge is 0.262 e. The van der Waals surface area contributed by atoms with Gasteiger partial charge in [-0.25, -0.2) is 0 Å². The summed E-state index contributed by atoms with van der Waals surface area (Å²) in [5.41, 5.74) is 4.75. The fourth-order valence-electron chi connectivity index (χ4n) is 2.85. The number of hydrogen-bond donors (Lipinski definition) is 2. The van der Waals surface area contributed by atoms with Crippen LogP contribution in [-0.2, 0) is 4.79 Å². The molecular formula is C18H18N2O3. The third-order valence-corrected chi connectivity index (χ3v) is 3.81. The first-order valence-electron chi connectivity index (χ1n) is 7.40. The summed E-state index contributed by atoms with van der Waals surface area (Å²) in [5.74, 6) is -0.0299. The predicted octanol–water partition coefficient (Wildman–Crippen LogP) is 3.20. The Morgan fingerprint density at radius 1 is 1.17 bits per heavy atom. The van der Waals surface area contributed by atoms with E-state index in [2.05, 4.69) is 10.6 Å². The zero-order valence-corrected chi connectivity index (χ0v) is 13.3. The second-order valence-electron chi connectivity index (χ2n) is 5.74. The van der Waals surface area contributed by atoms with Gasteiger partial charge in [-0.15, -0.1) is 0 Å². The summed E-state index contributed by atoms with van der Waals surface area (Å²) in [6.45, 7) is 5.90. The molecule has 2 aromatic carbocycles. The zero-order valence-electron chi connectivity index (χ0n) is 13.3. The topological polar surface area (TPSA) is 67.4 Å². The van der Waals surface area contributed by atoms with E-state index < -0.39 is 0 Å². The van der Waals surface area contributed by atoms with Crippen LogP contribution in [-0.4, -0.2) is 18.4 Å². The number of benzene rings is 2. The molecule has 1 aliphatic rings. The van der Waals surface area contributed by atoms with Gasteiger partial charge in [0.1, 0.15) is 5.75 Å². The van der Waals surface area contributed by atoms with Crippen molar-refractivity contribution in [2.24, 2.45) is 0 Å². The summed E-state index contributed by atoms with van der Waals surface area (Å²) in [7, 11) is 0. The molecule has 5 heteroatoms. The van der Waals surface area contributed by atoms with Crippen LogP contribution in [0.5, 0.6) is 5.75 Å². The summed E-state index contributed by atoms with van der Waals surface area (Å²) in [5, 5.41) is 5.65. The maximum Gasteiger partial charge on any atom is 0.262 e. The van der Waals surface area contributed by atoms with E-state index in [0.717, 1.165) is 22.4 Å². The Morgan fingerprint density at radius 3 is 2.57 bits per heavy atom. The molecule has 2 amide bonds. The Morgan fingerprint density at radius 2 is 1.87 bits per heavy atom. The highest BCUT2D eigenvalue weighted by atomic mass is 16.5. The second-order valence-corrected chi connectivity index (χ2v) is 5.74. The molecule has 0 atom stereocenters. The monoisotopic (exact) mass is 310 g/mol. The lowest BCUT2D eigenvalue weighted by Crippen LogP contribution is -2.28. The van der Waals surface area contributed by atoms with Gasteiger partial charge in [-0.05, 0) is 44.0 Å². The van der Waals surface area contributed by atoms with Crippen molar-refractivity contribution >= 4 is 23.2 Å². The van der Waals surface area contributed by atoms with Gasteiger partial charge in [0, 0.05) is 5.69 Å². The van der Waals surface area contributed by atoms with Crippen molar-refractivity contribution in [3.05, 3.63) is 52.6 Å². The number of anilines is 2. The third-order valence-electron chi connectivity index (χ3n) is 3.81. The van der Waals surface area contributed by atoms with Crippen LogP contribution < -0.4 is 15.4 Å². The Labute approximate surface area is 134 Å².